The molecule has 0 radical (unpaired) electrons. The van der Waals surface area contributed by atoms with E-state index in [1.54, 1.807) is 13.8 Å². The van der Waals surface area contributed by atoms with Gasteiger partial charge in [0.2, 0.25) is 0 Å². The van der Waals surface area contributed by atoms with Gasteiger partial charge >= 0.3 is 11.9 Å². The van der Waals surface area contributed by atoms with Crippen LogP contribution in [0.15, 0.2) is 12.1 Å². The molecule has 1 aromatic carbocycles. The Bertz CT molecular complexity index is 579. The number of Topliss-reactive ketones (excluding diaryl/α,β-unsaturated/α-hetero) is 2. The Hall–Kier alpha value is -2.50. The average Bonchev–Trinajstić information content (AvgIpc) is 2.46. The second kappa shape index (κ2) is 7.49. The molecule has 0 spiro atoms. The van der Waals surface area contributed by atoms with Gasteiger partial charge in [-0.3, -0.25) is 9.59 Å². The fourth-order valence-electron chi connectivity index (χ4n) is 2.14. The van der Waals surface area contributed by atoms with Gasteiger partial charge in [0.05, 0.1) is 11.1 Å². The van der Waals surface area contributed by atoms with Crippen molar-refractivity contribution in [2.45, 2.75) is 39.5 Å². The van der Waals surface area contributed by atoms with Gasteiger partial charge in [0.1, 0.15) is 0 Å². The van der Waals surface area contributed by atoms with Gasteiger partial charge in [-0.1, -0.05) is 13.8 Å². The van der Waals surface area contributed by atoms with Crippen LogP contribution in [0.25, 0.3) is 0 Å². The van der Waals surface area contributed by atoms with Crippen LogP contribution in [0.2, 0.25) is 0 Å². The molecule has 1 aromatic rings. The summed E-state index contributed by atoms with van der Waals surface area (Å²) in [6.45, 7) is 3.54. The van der Waals surface area contributed by atoms with Crippen LogP contribution in [-0.4, -0.2) is 33.7 Å². The van der Waals surface area contributed by atoms with Gasteiger partial charge in [0.15, 0.2) is 11.6 Å². The van der Waals surface area contributed by atoms with Crippen LogP contribution < -0.4 is 0 Å². The van der Waals surface area contributed by atoms with Gasteiger partial charge in [0, 0.05) is 24.0 Å². The maximum atomic E-state index is 12.1. The number of carbonyl (C=O) groups is 4. The predicted molar refractivity (Wildman–Crippen MR) is 78.8 cm³/mol. The number of carbonyl (C=O) groups excluding carboxylic acids is 2. The van der Waals surface area contributed by atoms with Crippen molar-refractivity contribution in [3.05, 3.63) is 34.4 Å². The van der Waals surface area contributed by atoms with Crippen LogP contribution in [0.3, 0.4) is 0 Å². The minimum atomic E-state index is -1.39. The second-order valence-corrected chi connectivity index (χ2v) is 4.90. The first-order chi connectivity index (χ1) is 10.3. The zero-order valence-electron chi connectivity index (χ0n) is 12.5. The van der Waals surface area contributed by atoms with Crippen molar-refractivity contribution in [3.8, 4) is 0 Å². The van der Waals surface area contributed by atoms with Crippen LogP contribution in [0.5, 0.6) is 0 Å². The van der Waals surface area contributed by atoms with Gasteiger partial charge in [0.25, 0.3) is 0 Å². The van der Waals surface area contributed by atoms with Crippen LogP contribution in [0, 0.1) is 0 Å². The zero-order valence-corrected chi connectivity index (χ0v) is 12.5. The molecule has 0 aliphatic carbocycles. The summed E-state index contributed by atoms with van der Waals surface area (Å²) in [7, 11) is 0. The van der Waals surface area contributed by atoms with Crippen molar-refractivity contribution in [2.24, 2.45) is 0 Å². The fourth-order valence-corrected chi connectivity index (χ4v) is 2.14. The summed E-state index contributed by atoms with van der Waals surface area (Å²) in [6, 6.07) is 2.01. The van der Waals surface area contributed by atoms with Crippen molar-refractivity contribution in [2.75, 3.05) is 0 Å². The molecule has 0 heterocycles. The summed E-state index contributed by atoms with van der Waals surface area (Å²) >= 11 is 0. The molecule has 0 atom stereocenters. The van der Waals surface area contributed by atoms with Crippen molar-refractivity contribution in [1.29, 1.82) is 0 Å². The number of hydrogen-bond donors (Lipinski definition) is 2. The lowest BCUT2D eigenvalue weighted by molar-refractivity contribution is 0.0688. The van der Waals surface area contributed by atoms with Gasteiger partial charge in [-0.05, 0) is 25.0 Å². The summed E-state index contributed by atoms with van der Waals surface area (Å²) < 4.78 is 0. The first-order valence-corrected chi connectivity index (χ1v) is 7.04. The Morgan fingerprint density at radius 3 is 1.32 bits per heavy atom. The highest BCUT2D eigenvalue weighted by Crippen LogP contribution is 2.22. The molecule has 0 saturated heterocycles. The van der Waals surface area contributed by atoms with Crippen molar-refractivity contribution >= 4 is 23.5 Å². The highest BCUT2D eigenvalue weighted by atomic mass is 16.4. The molecule has 0 aliphatic rings. The molecular weight excluding hydrogens is 288 g/mol. The molecule has 0 saturated carbocycles. The lowest BCUT2D eigenvalue weighted by atomic mass is 9.91. The normalized spacial score (nSPS) is 10.3. The molecular formula is C16H18O6. The molecule has 0 bridgehead atoms. The van der Waals surface area contributed by atoms with Crippen molar-refractivity contribution in [3.63, 3.8) is 0 Å². The first kappa shape index (κ1) is 17.6. The topological polar surface area (TPSA) is 109 Å². The van der Waals surface area contributed by atoms with Gasteiger partial charge in [-0.15, -0.1) is 0 Å². The van der Waals surface area contributed by atoms with Crippen LogP contribution in [-0.2, 0) is 0 Å². The van der Waals surface area contributed by atoms with Crippen molar-refractivity contribution in [1.82, 2.24) is 0 Å². The van der Waals surface area contributed by atoms with Crippen LogP contribution in [0.4, 0.5) is 0 Å². The first-order valence-electron chi connectivity index (χ1n) is 7.04. The van der Waals surface area contributed by atoms with E-state index in [2.05, 4.69) is 0 Å². The number of hydrogen-bond acceptors (Lipinski definition) is 4. The molecule has 0 aromatic heterocycles. The quantitative estimate of drug-likeness (QED) is 0.714. The summed E-state index contributed by atoms with van der Waals surface area (Å²) in [5, 5.41) is 18.4. The minimum Gasteiger partial charge on any atom is -0.478 e. The Morgan fingerprint density at radius 2 is 1.05 bits per heavy atom. The number of carboxylic acids is 2. The molecule has 0 amide bonds. The molecule has 0 fully saturated rings. The Morgan fingerprint density at radius 1 is 0.727 bits per heavy atom. The van der Waals surface area contributed by atoms with E-state index in [9.17, 15) is 29.4 Å². The van der Waals surface area contributed by atoms with Gasteiger partial charge in [-0.25, -0.2) is 9.59 Å². The van der Waals surface area contributed by atoms with Crippen LogP contribution in [0.1, 0.15) is 81.0 Å². The fraction of sp³-hybridized carbons (Fsp3) is 0.375. The lowest BCUT2D eigenvalue weighted by Gasteiger charge is -2.11. The van der Waals surface area contributed by atoms with E-state index in [0.717, 1.165) is 12.1 Å². The monoisotopic (exact) mass is 306 g/mol. The third-order valence-electron chi connectivity index (χ3n) is 3.17. The summed E-state index contributed by atoms with van der Waals surface area (Å²) in [4.78, 5) is 46.7. The number of benzene rings is 1. The number of rotatable bonds is 8. The number of carboxylic acid groups (broad SMARTS) is 2. The molecule has 0 unspecified atom stereocenters. The molecule has 22 heavy (non-hydrogen) atoms. The standard InChI is InChI=1S/C16H18O6/c1-3-5-13(17)9-7-10(14(18)6-4-2)12(16(21)22)8-11(9)15(19)20/h7-8H,3-6H2,1-2H3,(H,19,20)(H,21,22). The molecule has 118 valence electrons. The van der Waals surface area contributed by atoms with E-state index in [1.165, 1.54) is 0 Å². The largest absolute Gasteiger partial charge is 0.478 e. The highest BCUT2D eigenvalue weighted by Gasteiger charge is 2.24. The second-order valence-electron chi connectivity index (χ2n) is 4.90. The number of ketones is 2. The maximum absolute atomic E-state index is 12.1. The summed E-state index contributed by atoms with van der Waals surface area (Å²) in [6.07, 6.45) is 1.32. The Labute approximate surface area is 127 Å². The molecule has 2 N–H and O–H groups in total. The van der Waals surface area contributed by atoms with E-state index in [-0.39, 0.29) is 35.1 Å². The molecule has 0 aliphatic heterocycles. The van der Waals surface area contributed by atoms with E-state index < -0.39 is 23.5 Å². The zero-order chi connectivity index (χ0) is 16.9. The highest BCUT2D eigenvalue weighted by molar-refractivity contribution is 6.12. The third kappa shape index (κ3) is 3.78. The molecule has 6 heteroatoms. The maximum Gasteiger partial charge on any atom is 0.336 e. The van der Waals surface area contributed by atoms with E-state index in [0.29, 0.717) is 12.8 Å². The summed E-state index contributed by atoms with van der Waals surface area (Å²) in [5.74, 6) is -3.61. The van der Waals surface area contributed by atoms with E-state index >= 15 is 0 Å². The third-order valence-corrected chi connectivity index (χ3v) is 3.17. The predicted octanol–water partition coefficient (Wildman–Crippen LogP) is 3.05. The van der Waals surface area contributed by atoms with E-state index in [4.69, 9.17) is 0 Å². The average molecular weight is 306 g/mol. The molecule has 1 rings (SSSR count). The van der Waals surface area contributed by atoms with Crippen molar-refractivity contribution < 1.29 is 29.4 Å². The van der Waals surface area contributed by atoms with E-state index in [1.807, 2.05) is 0 Å². The summed E-state index contributed by atoms with van der Waals surface area (Å²) in [5.41, 5.74) is -0.995. The Kier molecular flexibility index (Phi) is 5.98. The van der Waals surface area contributed by atoms with Gasteiger partial charge < -0.3 is 10.2 Å². The lowest BCUT2D eigenvalue weighted by Crippen LogP contribution is -2.16. The Balaban J connectivity index is 3.58. The SMILES string of the molecule is CCCC(=O)c1cc(C(=O)CCC)c(C(=O)O)cc1C(=O)O. The smallest absolute Gasteiger partial charge is 0.336 e. The van der Waals surface area contributed by atoms with Crippen LogP contribution >= 0.6 is 0 Å². The number of aromatic carboxylic acids is 2. The molecule has 6 nitrogen and oxygen atoms in total. The van der Waals surface area contributed by atoms with Gasteiger partial charge in [-0.2, -0.15) is 0 Å². The minimum absolute atomic E-state index is 0.112.